The van der Waals surface area contributed by atoms with E-state index in [9.17, 15) is 9.59 Å². The summed E-state index contributed by atoms with van der Waals surface area (Å²) in [4.78, 5) is 26.8. The maximum Gasteiger partial charge on any atom is 0.242 e. The number of amides is 2. The highest BCUT2D eigenvalue weighted by Gasteiger charge is 2.24. The van der Waals surface area contributed by atoms with Crippen LogP contribution in [0.1, 0.15) is 50.8 Å². The van der Waals surface area contributed by atoms with Crippen LogP contribution in [-0.2, 0) is 27.8 Å². The van der Waals surface area contributed by atoms with Gasteiger partial charge in [-0.05, 0) is 41.9 Å². The van der Waals surface area contributed by atoms with Crippen LogP contribution in [0, 0.1) is 0 Å². The van der Waals surface area contributed by atoms with Gasteiger partial charge in [0, 0.05) is 20.0 Å². The zero-order valence-electron chi connectivity index (χ0n) is 18.4. The lowest BCUT2D eigenvalue weighted by molar-refractivity contribution is -0.139. The topological polar surface area (TPSA) is 49.4 Å². The summed E-state index contributed by atoms with van der Waals surface area (Å²) in [7, 11) is 1.61. The first-order chi connectivity index (χ1) is 13.7. The molecule has 2 rings (SSSR count). The number of nitrogens with one attached hydrogen (secondary N) is 1. The molecule has 0 aliphatic rings. The van der Waals surface area contributed by atoms with Gasteiger partial charge in [0.1, 0.15) is 6.04 Å². The fourth-order valence-electron chi connectivity index (χ4n) is 3.35. The number of benzene rings is 2. The summed E-state index contributed by atoms with van der Waals surface area (Å²) >= 11 is 0. The Labute approximate surface area is 175 Å². The van der Waals surface area contributed by atoms with Crippen molar-refractivity contribution in [2.75, 3.05) is 13.6 Å². The second-order valence-electron chi connectivity index (χ2n) is 8.56. The van der Waals surface area contributed by atoms with Crippen LogP contribution in [0.4, 0.5) is 0 Å². The van der Waals surface area contributed by atoms with Gasteiger partial charge < -0.3 is 10.2 Å². The van der Waals surface area contributed by atoms with Gasteiger partial charge in [-0.25, -0.2) is 0 Å². The van der Waals surface area contributed by atoms with Gasteiger partial charge in [-0.2, -0.15) is 0 Å². The van der Waals surface area contributed by atoms with Crippen LogP contribution in [-0.4, -0.2) is 36.3 Å². The third-order valence-electron chi connectivity index (χ3n) is 5.35. The van der Waals surface area contributed by atoms with Gasteiger partial charge in [-0.1, -0.05) is 75.4 Å². The highest BCUT2D eigenvalue weighted by atomic mass is 16.2. The zero-order chi connectivity index (χ0) is 21.4. The summed E-state index contributed by atoms with van der Waals surface area (Å²) in [6.45, 7) is 8.89. The number of rotatable bonds is 8. The number of likely N-dealkylation sites (N-methyl/N-ethyl adjacent to an activating group) is 1. The third-order valence-corrected chi connectivity index (χ3v) is 5.35. The van der Waals surface area contributed by atoms with Gasteiger partial charge in [-0.3, -0.25) is 9.59 Å². The van der Waals surface area contributed by atoms with Crippen molar-refractivity contribution in [3.63, 3.8) is 0 Å². The Morgan fingerprint density at radius 1 is 0.931 bits per heavy atom. The quantitative estimate of drug-likeness (QED) is 0.732. The van der Waals surface area contributed by atoms with E-state index < -0.39 is 6.04 Å². The van der Waals surface area contributed by atoms with E-state index in [1.165, 1.54) is 5.56 Å². The Bertz CT molecular complexity index is 792. The van der Waals surface area contributed by atoms with Crippen LogP contribution in [0.25, 0.3) is 0 Å². The summed E-state index contributed by atoms with van der Waals surface area (Å²) in [6, 6.07) is 18.0. The molecule has 2 aromatic carbocycles. The van der Waals surface area contributed by atoms with Crippen molar-refractivity contribution in [1.82, 2.24) is 10.2 Å². The van der Waals surface area contributed by atoms with Gasteiger partial charge in [0.05, 0.1) is 0 Å². The van der Waals surface area contributed by atoms with E-state index >= 15 is 0 Å². The molecule has 2 amide bonds. The molecular formula is C25H34N2O2. The van der Waals surface area contributed by atoms with Crippen molar-refractivity contribution in [3.8, 4) is 0 Å². The fourth-order valence-corrected chi connectivity index (χ4v) is 3.35. The van der Waals surface area contributed by atoms with Crippen molar-refractivity contribution in [1.29, 1.82) is 0 Å². The van der Waals surface area contributed by atoms with Gasteiger partial charge in [0.15, 0.2) is 0 Å². The predicted molar refractivity (Wildman–Crippen MR) is 119 cm³/mol. The number of carbonyl (C=O) groups is 2. The van der Waals surface area contributed by atoms with E-state index in [1.807, 2.05) is 30.3 Å². The lowest BCUT2D eigenvalue weighted by Gasteiger charge is -2.28. The molecule has 0 fully saturated rings. The normalized spacial score (nSPS) is 12.3. The SMILES string of the molecule is CNC(=O)[C@@H](C)N(CCc1ccccc1)C(=O)CCc1ccc(C(C)(C)C)cc1. The maximum absolute atomic E-state index is 13.0. The number of hydrogen-bond acceptors (Lipinski definition) is 2. The monoisotopic (exact) mass is 394 g/mol. The van der Waals surface area contributed by atoms with Gasteiger partial charge >= 0.3 is 0 Å². The van der Waals surface area contributed by atoms with E-state index in [2.05, 4.69) is 50.4 Å². The molecule has 0 bridgehead atoms. The Morgan fingerprint density at radius 2 is 1.52 bits per heavy atom. The first kappa shape index (κ1) is 22.7. The molecule has 0 saturated heterocycles. The van der Waals surface area contributed by atoms with E-state index in [4.69, 9.17) is 0 Å². The molecule has 0 radical (unpaired) electrons. The average molecular weight is 395 g/mol. The minimum Gasteiger partial charge on any atom is -0.357 e. The smallest absolute Gasteiger partial charge is 0.242 e. The fraction of sp³-hybridized carbons (Fsp3) is 0.440. The molecule has 2 aromatic rings. The lowest BCUT2D eigenvalue weighted by atomic mass is 9.86. The van der Waals surface area contributed by atoms with Crippen LogP contribution in [0.5, 0.6) is 0 Å². The number of nitrogens with zero attached hydrogens (tertiary/aromatic N) is 1. The van der Waals surface area contributed by atoms with Crippen molar-refractivity contribution in [2.24, 2.45) is 0 Å². The van der Waals surface area contributed by atoms with Crippen LogP contribution in [0.3, 0.4) is 0 Å². The summed E-state index contributed by atoms with van der Waals surface area (Å²) in [6.07, 6.45) is 1.80. The van der Waals surface area contributed by atoms with Crippen LogP contribution in [0.15, 0.2) is 54.6 Å². The molecule has 1 N–H and O–H groups in total. The standard InChI is InChI=1S/C25H34N2O2/c1-19(24(29)26-5)27(18-17-20-9-7-6-8-10-20)23(28)16-13-21-11-14-22(15-12-21)25(2,3)4/h6-12,14-15,19H,13,16-18H2,1-5H3,(H,26,29)/t19-/m1/s1. The van der Waals surface area contributed by atoms with Gasteiger partial charge in [0.2, 0.25) is 11.8 Å². The molecular weight excluding hydrogens is 360 g/mol. The van der Waals surface area contributed by atoms with Crippen LogP contribution >= 0.6 is 0 Å². The minimum absolute atomic E-state index is 0.0110. The predicted octanol–water partition coefficient (Wildman–Crippen LogP) is 4.12. The van der Waals surface area contributed by atoms with Crippen molar-refractivity contribution in [3.05, 3.63) is 71.3 Å². The number of carbonyl (C=O) groups excluding carboxylic acids is 2. The molecule has 0 spiro atoms. The molecule has 0 aliphatic heterocycles. The first-order valence-corrected chi connectivity index (χ1v) is 10.4. The Kier molecular flexibility index (Phi) is 8.00. The van der Waals surface area contributed by atoms with Gasteiger partial charge in [-0.15, -0.1) is 0 Å². The lowest BCUT2D eigenvalue weighted by Crippen LogP contribution is -2.48. The number of hydrogen-bond donors (Lipinski definition) is 1. The van der Waals surface area contributed by atoms with E-state index in [-0.39, 0.29) is 17.2 Å². The van der Waals surface area contributed by atoms with E-state index in [0.29, 0.717) is 19.4 Å². The van der Waals surface area contributed by atoms with Gasteiger partial charge in [0.25, 0.3) is 0 Å². The summed E-state index contributed by atoms with van der Waals surface area (Å²) < 4.78 is 0. The largest absolute Gasteiger partial charge is 0.357 e. The molecule has 1 atom stereocenters. The third kappa shape index (κ3) is 6.74. The highest BCUT2D eigenvalue weighted by Crippen LogP contribution is 2.22. The average Bonchev–Trinajstić information content (AvgIpc) is 2.72. The second kappa shape index (κ2) is 10.2. The van der Waals surface area contributed by atoms with E-state index in [1.54, 1.807) is 18.9 Å². The minimum atomic E-state index is -0.487. The molecule has 29 heavy (non-hydrogen) atoms. The van der Waals surface area contributed by atoms with Crippen LogP contribution in [0.2, 0.25) is 0 Å². The second-order valence-corrected chi connectivity index (χ2v) is 8.56. The molecule has 0 saturated carbocycles. The zero-order valence-corrected chi connectivity index (χ0v) is 18.4. The molecule has 0 unspecified atom stereocenters. The summed E-state index contributed by atoms with van der Waals surface area (Å²) in [5.74, 6) is -0.127. The molecule has 4 nitrogen and oxygen atoms in total. The number of aryl methyl sites for hydroxylation is 1. The maximum atomic E-state index is 13.0. The molecule has 0 aromatic heterocycles. The Balaban J connectivity index is 2.03. The molecule has 156 valence electrons. The Hall–Kier alpha value is -2.62. The van der Waals surface area contributed by atoms with Crippen LogP contribution < -0.4 is 5.32 Å². The van der Waals surface area contributed by atoms with Crippen molar-refractivity contribution in [2.45, 2.75) is 58.4 Å². The molecule has 0 heterocycles. The highest BCUT2D eigenvalue weighted by molar-refractivity contribution is 5.87. The summed E-state index contributed by atoms with van der Waals surface area (Å²) in [5.41, 5.74) is 3.70. The van der Waals surface area contributed by atoms with Crippen molar-refractivity contribution >= 4 is 11.8 Å². The molecule has 4 heteroatoms. The Morgan fingerprint density at radius 3 is 2.07 bits per heavy atom. The van der Waals surface area contributed by atoms with Crippen molar-refractivity contribution < 1.29 is 9.59 Å². The summed E-state index contributed by atoms with van der Waals surface area (Å²) in [5, 5.41) is 2.66. The first-order valence-electron chi connectivity index (χ1n) is 10.4. The molecule has 0 aliphatic carbocycles. The van der Waals surface area contributed by atoms with E-state index in [0.717, 1.165) is 17.5 Å².